The first-order chi connectivity index (χ1) is 9.11. The third kappa shape index (κ3) is 4.20. The van der Waals surface area contributed by atoms with E-state index in [0.29, 0.717) is 6.04 Å². The van der Waals surface area contributed by atoms with Crippen molar-refractivity contribution >= 4 is 21.6 Å². The number of halogens is 1. The monoisotopic (exact) mass is 326 g/mol. The number of rotatable bonds is 7. The van der Waals surface area contributed by atoms with E-state index < -0.39 is 0 Å². The largest absolute Gasteiger partial charge is 0.398 e. The first-order valence-electron chi connectivity index (χ1n) is 6.88. The maximum absolute atomic E-state index is 5.95. The Labute approximate surface area is 124 Å². The molecule has 0 amide bonds. The Hall–Kier alpha value is -0.580. The highest BCUT2D eigenvalue weighted by Gasteiger charge is 2.31. The van der Waals surface area contributed by atoms with E-state index in [1.165, 1.54) is 18.4 Å². The summed E-state index contributed by atoms with van der Waals surface area (Å²) in [5, 5.41) is 0. The Morgan fingerprint density at radius 2 is 2.21 bits per heavy atom. The van der Waals surface area contributed by atoms with Gasteiger partial charge in [0.05, 0.1) is 6.61 Å². The predicted octanol–water partition coefficient (Wildman–Crippen LogP) is 3.28. The Morgan fingerprint density at radius 3 is 2.79 bits per heavy atom. The van der Waals surface area contributed by atoms with Gasteiger partial charge in [-0.15, -0.1) is 0 Å². The minimum Gasteiger partial charge on any atom is -0.398 e. The lowest BCUT2D eigenvalue weighted by Crippen LogP contribution is -2.36. The highest BCUT2D eigenvalue weighted by Crippen LogP contribution is 2.35. The van der Waals surface area contributed by atoms with Crippen molar-refractivity contribution in [3.8, 4) is 0 Å². The molecule has 2 rings (SSSR count). The zero-order chi connectivity index (χ0) is 13.8. The summed E-state index contributed by atoms with van der Waals surface area (Å²) in [4.78, 5) is 2.50. The van der Waals surface area contributed by atoms with Crippen molar-refractivity contribution in [1.82, 2.24) is 4.90 Å². The lowest BCUT2D eigenvalue weighted by Gasteiger charge is -2.29. The van der Waals surface area contributed by atoms with Gasteiger partial charge in [0, 0.05) is 36.4 Å². The summed E-state index contributed by atoms with van der Waals surface area (Å²) in [6, 6.07) is 6.85. The van der Waals surface area contributed by atoms with Gasteiger partial charge in [0.25, 0.3) is 0 Å². The van der Waals surface area contributed by atoms with E-state index in [9.17, 15) is 0 Å². The number of benzene rings is 1. The van der Waals surface area contributed by atoms with Crippen LogP contribution in [0, 0.1) is 5.92 Å². The van der Waals surface area contributed by atoms with Crippen LogP contribution < -0.4 is 5.73 Å². The van der Waals surface area contributed by atoms with Gasteiger partial charge in [0.2, 0.25) is 0 Å². The smallest absolute Gasteiger partial charge is 0.0589 e. The van der Waals surface area contributed by atoms with E-state index in [0.717, 1.165) is 35.8 Å². The van der Waals surface area contributed by atoms with Gasteiger partial charge in [-0.2, -0.15) is 0 Å². The second-order valence-corrected chi connectivity index (χ2v) is 6.25. The molecule has 19 heavy (non-hydrogen) atoms. The molecule has 1 aliphatic rings. The summed E-state index contributed by atoms with van der Waals surface area (Å²) in [5.41, 5.74) is 8.03. The molecule has 1 saturated carbocycles. The summed E-state index contributed by atoms with van der Waals surface area (Å²) < 4.78 is 6.20. The fraction of sp³-hybridized carbons (Fsp3) is 0.600. The van der Waals surface area contributed by atoms with Gasteiger partial charge in [-0.25, -0.2) is 0 Å². The van der Waals surface area contributed by atoms with E-state index in [1.54, 1.807) is 7.11 Å². The number of anilines is 1. The van der Waals surface area contributed by atoms with Crippen molar-refractivity contribution in [2.24, 2.45) is 5.92 Å². The predicted molar refractivity (Wildman–Crippen MR) is 83.0 cm³/mol. The molecule has 0 aliphatic heterocycles. The average molecular weight is 327 g/mol. The molecule has 0 bridgehead atoms. The van der Waals surface area contributed by atoms with Crippen LogP contribution in [0.5, 0.6) is 0 Å². The summed E-state index contributed by atoms with van der Waals surface area (Å²) in [6.07, 6.45) is 2.74. The molecule has 1 aromatic carbocycles. The van der Waals surface area contributed by atoms with Crippen molar-refractivity contribution in [1.29, 1.82) is 0 Å². The summed E-state index contributed by atoms with van der Waals surface area (Å²) in [6.45, 7) is 5.03. The molecule has 2 N–H and O–H groups in total. The Morgan fingerprint density at radius 1 is 1.47 bits per heavy atom. The van der Waals surface area contributed by atoms with Gasteiger partial charge in [-0.1, -0.05) is 6.07 Å². The number of nitrogens with two attached hydrogens (primary N) is 1. The van der Waals surface area contributed by atoms with Crippen molar-refractivity contribution in [2.45, 2.75) is 32.4 Å². The molecule has 0 radical (unpaired) electrons. The second-order valence-electron chi connectivity index (χ2n) is 5.40. The molecular weight excluding hydrogens is 304 g/mol. The van der Waals surface area contributed by atoms with Crippen molar-refractivity contribution in [3.05, 3.63) is 28.2 Å². The average Bonchev–Trinajstić information content (AvgIpc) is 3.22. The first kappa shape index (κ1) is 14.8. The molecular formula is C15H23BrN2O. The molecule has 0 saturated heterocycles. The van der Waals surface area contributed by atoms with E-state index in [1.807, 2.05) is 6.07 Å². The number of methoxy groups -OCH3 is 1. The fourth-order valence-corrected chi connectivity index (χ4v) is 2.68. The first-order valence-corrected chi connectivity index (χ1v) is 7.68. The van der Waals surface area contributed by atoms with Crippen LogP contribution >= 0.6 is 15.9 Å². The van der Waals surface area contributed by atoms with Crippen LogP contribution in [0.1, 0.15) is 25.3 Å². The van der Waals surface area contributed by atoms with E-state index in [2.05, 4.69) is 39.9 Å². The van der Waals surface area contributed by atoms with Crippen LogP contribution in [-0.4, -0.2) is 31.2 Å². The quantitative estimate of drug-likeness (QED) is 0.781. The standard InChI is InChI=1S/C15H23BrN2O/c1-11(13-4-5-13)18(7-8-19-2)10-12-3-6-14(16)15(17)9-12/h3,6,9,11,13H,4-5,7-8,10,17H2,1-2H3. The van der Waals surface area contributed by atoms with Gasteiger partial charge >= 0.3 is 0 Å². The van der Waals surface area contributed by atoms with E-state index in [4.69, 9.17) is 10.5 Å². The van der Waals surface area contributed by atoms with Crippen molar-refractivity contribution in [2.75, 3.05) is 26.0 Å². The van der Waals surface area contributed by atoms with Gasteiger partial charge in [-0.3, -0.25) is 4.90 Å². The highest BCUT2D eigenvalue weighted by atomic mass is 79.9. The van der Waals surface area contributed by atoms with Gasteiger partial charge in [0.1, 0.15) is 0 Å². The molecule has 1 unspecified atom stereocenters. The molecule has 0 heterocycles. The molecule has 106 valence electrons. The van der Waals surface area contributed by atoms with E-state index >= 15 is 0 Å². The van der Waals surface area contributed by atoms with Crippen LogP contribution in [0.4, 0.5) is 5.69 Å². The van der Waals surface area contributed by atoms with E-state index in [-0.39, 0.29) is 0 Å². The van der Waals surface area contributed by atoms with Gasteiger partial charge in [0.15, 0.2) is 0 Å². The van der Waals surface area contributed by atoms with Crippen molar-refractivity contribution < 1.29 is 4.74 Å². The highest BCUT2D eigenvalue weighted by molar-refractivity contribution is 9.10. The minimum absolute atomic E-state index is 0.625. The van der Waals surface area contributed by atoms with Crippen molar-refractivity contribution in [3.63, 3.8) is 0 Å². The number of hydrogen-bond donors (Lipinski definition) is 1. The topological polar surface area (TPSA) is 38.5 Å². The number of nitrogens with zero attached hydrogens (tertiary/aromatic N) is 1. The number of hydrogen-bond acceptors (Lipinski definition) is 3. The zero-order valence-electron chi connectivity index (χ0n) is 11.7. The van der Waals surface area contributed by atoms with Crippen LogP contribution in [0.2, 0.25) is 0 Å². The van der Waals surface area contributed by atoms with Gasteiger partial charge < -0.3 is 10.5 Å². The Balaban J connectivity index is 2.02. The maximum atomic E-state index is 5.95. The Bertz CT molecular complexity index is 421. The number of nitrogen functional groups attached to an aromatic ring is 1. The van der Waals surface area contributed by atoms with Crippen LogP contribution in [0.3, 0.4) is 0 Å². The fourth-order valence-electron chi connectivity index (χ4n) is 2.44. The lowest BCUT2D eigenvalue weighted by molar-refractivity contribution is 0.111. The SMILES string of the molecule is COCCN(Cc1ccc(Br)c(N)c1)C(C)C1CC1. The third-order valence-electron chi connectivity index (χ3n) is 3.91. The molecule has 0 aromatic heterocycles. The summed E-state index contributed by atoms with van der Waals surface area (Å²) in [7, 11) is 1.76. The molecule has 4 heteroatoms. The molecule has 1 aliphatic carbocycles. The summed E-state index contributed by atoms with van der Waals surface area (Å²) >= 11 is 3.44. The molecule has 1 fully saturated rings. The molecule has 1 atom stereocenters. The second kappa shape index (κ2) is 6.73. The maximum Gasteiger partial charge on any atom is 0.0589 e. The Kier molecular flexibility index (Phi) is 5.25. The van der Waals surface area contributed by atoms with Crippen LogP contribution in [0.25, 0.3) is 0 Å². The molecule has 1 aromatic rings. The third-order valence-corrected chi connectivity index (χ3v) is 4.63. The molecule has 0 spiro atoms. The normalized spacial score (nSPS) is 16.8. The number of ether oxygens (including phenoxy) is 1. The molecule has 3 nitrogen and oxygen atoms in total. The minimum atomic E-state index is 0.625. The van der Waals surface area contributed by atoms with Crippen LogP contribution in [0.15, 0.2) is 22.7 Å². The lowest BCUT2D eigenvalue weighted by atomic mass is 10.1. The summed E-state index contributed by atoms with van der Waals surface area (Å²) in [5.74, 6) is 0.865. The zero-order valence-corrected chi connectivity index (χ0v) is 13.3. The van der Waals surface area contributed by atoms with Crippen LogP contribution in [-0.2, 0) is 11.3 Å². The van der Waals surface area contributed by atoms with Gasteiger partial charge in [-0.05, 0) is 59.3 Å².